The molecule has 0 unspecified atom stereocenters. The Bertz CT molecular complexity index is 515. The van der Waals surface area contributed by atoms with Gasteiger partial charge in [0.15, 0.2) is 0 Å². The summed E-state index contributed by atoms with van der Waals surface area (Å²) in [6.45, 7) is 9.13. The number of hydrogen-bond acceptors (Lipinski definition) is 5. The summed E-state index contributed by atoms with van der Waals surface area (Å²) in [7, 11) is 0. The number of rotatable bonds is 8. The van der Waals surface area contributed by atoms with Crippen molar-refractivity contribution in [1.29, 1.82) is 0 Å². The molecule has 0 amide bonds. The van der Waals surface area contributed by atoms with Gasteiger partial charge in [0, 0.05) is 30.5 Å². The molecule has 0 atom stereocenters. The zero-order valence-corrected chi connectivity index (χ0v) is 13.9. The summed E-state index contributed by atoms with van der Waals surface area (Å²) in [5, 5.41) is 5.43. The minimum absolute atomic E-state index is 0.874. The fraction of sp³-hybridized carbons (Fsp3) is 0.500. The topological polar surface area (TPSA) is 41.1 Å². The molecule has 4 nitrogen and oxygen atoms in total. The molecule has 2 aromatic rings. The zero-order chi connectivity index (χ0) is 15.1. The summed E-state index contributed by atoms with van der Waals surface area (Å²) in [4.78, 5) is 13.0. The van der Waals surface area contributed by atoms with Crippen molar-refractivity contribution in [3.05, 3.63) is 34.3 Å². The van der Waals surface area contributed by atoms with Crippen LogP contribution in [0.1, 0.15) is 37.9 Å². The van der Waals surface area contributed by atoms with Crippen LogP contribution in [0.4, 0.5) is 11.6 Å². The average molecular weight is 304 g/mol. The fourth-order valence-electron chi connectivity index (χ4n) is 2.20. The molecule has 0 bridgehead atoms. The van der Waals surface area contributed by atoms with Gasteiger partial charge in [-0.25, -0.2) is 9.97 Å². The summed E-state index contributed by atoms with van der Waals surface area (Å²) >= 11 is 1.79. The van der Waals surface area contributed by atoms with E-state index in [1.807, 2.05) is 0 Å². The number of hydrogen-bond donors (Lipinski definition) is 1. The Labute approximate surface area is 131 Å². The number of aryl methyl sites for hydroxylation is 1. The third-order valence-corrected chi connectivity index (χ3v) is 4.08. The molecule has 0 saturated carbocycles. The lowest BCUT2D eigenvalue weighted by Gasteiger charge is -2.22. The van der Waals surface area contributed by atoms with Crippen molar-refractivity contribution >= 4 is 23.0 Å². The van der Waals surface area contributed by atoms with Crippen molar-refractivity contribution in [2.45, 2.75) is 40.2 Å². The highest BCUT2D eigenvalue weighted by atomic mass is 32.1. The molecule has 0 aliphatic carbocycles. The number of nitrogens with zero attached hydrogens (tertiary/aromatic N) is 3. The van der Waals surface area contributed by atoms with Gasteiger partial charge >= 0.3 is 0 Å². The van der Waals surface area contributed by atoms with Crippen LogP contribution in [0.25, 0.3) is 0 Å². The summed E-state index contributed by atoms with van der Waals surface area (Å²) in [6.07, 6.45) is 1.98. The molecule has 21 heavy (non-hydrogen) atoms. The predicted molar refractivity (Wildman–Crippen MR) is 91.2 cm³/mol. The van der Waals surface area contributed by atoms with Crippen LogP contribution in [0.2, 0.25) is 0 Å². The summed E-state index contributed by atoms with van der Waals surface area (Å²) in [5.41, 5.74) is 0. The Balaban J connectivity index is 2.25. The highest BCUT2D eigenvalue weighted by Gasteiger charge is 2.11. The molecule has 1 N–H and O–H groups in total. The number of anilines is 2. The second kappa shape index (κ2) is 7.98. The molecule has 0 aliphatic rings. The maximum Gasteiger partial charge on any atom is 0.134 e. The van der Waals surface area contributed by atoms with Crippen LogP contribution in [-0.4, -0.2) is 23.1 Å². The van der Waals surface area contributed by atoms with E-state index < -0.39 is 0 Å². The van der Waals surface area contributed by atoms with Crippen molar-refractivity contribution in [3.63, 3.8) is 0 Å². The number of nitrogens with one attached hydrogen (secondary N) is 1. The highest BCUT2D eigenvalue weighted by Crippen LogP contribution is 2.20. The van der Waals surface area contributed by atoms with Crippen LogP contribution >= 0.6 is 11.3 Å². The lowest BCUT2D eigenvalue weighted by atomic mass is 10.3. The minimum atomic E-state index is 0.874. The standard InChI is InChI=1S/C16H24N4S/c1-4-8-14-18-15(17-5-2)11-16(19-14)20(6-3)12-13-9-7-10-21-13/h7,9-11H,4-6,8,12H2,1-3H3,(H,17,18,19). The third-order valence-electron chi connectivity index (χ3n) is 3.22. The fourth-order valence-corrected chi connectivity index (χ4v) is 2.92. The maximum absolute atomic E-state index is 4.74. The van der Waals surface area contributed by atoms with Gasteiger partial charge in [0.1, 0.15) is 17.5 Å². The normalized spacial score (nSPS) is 10.6. The van der Waals surface area contributed by atoms with E-state index in [1.165, 1.54) is 4.88 Å². The number of thiophene rings is 1. The van der Waals surface area contributed by atoms with Gasteiger partial charge < -0.3 is 10.2 Å². The second-order valence-corrected chi connectivity index (χ2v) is 5.93. The van der Waals surface area contributed by atoms with Gasteiger partial charge in [0.05, 0.1) is 6.54 Å². The van der Waals surface area contributed by atoms with E-state index in [2.05, 4.69) is 59.6 Å². The SMILES string of the molecule is CCCc1nc(NCC)cc(N(CC)Cc2cccs2)n1. The maximum atomic E-state index is 4.74. The smallest absolute Gasteiger partial charge is 0.134 e. The Kier molecular flexibility index (Phi) is 5.99. The molecule has 0 spiro atoms. The molecule has 2 rings (SSSR count). The van der Waals surface area contributed by atoms with Crippen molar-refractivity contribution < 1.29 is 0 Å². The first-order valence-corrected chi connectivity index (χ1v) is 8.53. The summed E-state index contributed by atoms with van der Waals surface area (Å²) < 4.78 is 0. The van der Waals surface area contributed by atoms with Gasteiger partial charge in [-0.05, 0) is 31.7 Å². The molecule has 114 valence electrons. The van der Waals surface area contributed by atoms with Gasteiger partial charge in [0.25, 0.3) is 0 Å². The van der Waals surface area contributed by atoms with E-state index in [4.69, 9.17) is 4.98 Å². The van der Waals surface area contributed by atoms with E-state index in [0.29, 0.717) is 0 Å². The van der Waals surface area contributed by atoms with Crippen molar-refractivity contribution in [2.75, 3.05) is 23.3 Å². The lowest BCUT2D eigenvalue weighted by Crippen LogP contribution is -2.23. The van der Waals surface area contributed by atoms with Crippen LogP contribution in [0.3, 0.4) is 0 Å². The predicted octanol–water partition coefficient (Wildman–Crippen LogP) is 3.95. The molecule has 5 heteroatoms. The zero-order valence-electron chi connectivity index (χ0n) is 13.1. The van der Waals surface area contributed by atoms with E-state index in [-0.39, 0.29) is 0 Å². The molecule has 0 saturated heterocycles. The van der Waals surface area contributed by atoms with Gasteiger partial charge in [0.2, 0.25) is 0 Å². The first kappa shape index (κ1) is 15.8. The third kappa shape index (κ3) is 4.43. The molecule has 0 aliphatic heterocycles. The first-order chi connectivity index (χ1) is 10.3. The largest absolute Gasteiger partial charge is 0.370 e. The minimum Gasteiger partial charge on any atom is -0.370 e. The molecule has 0 aromatic carbocycles. The second-order valence-electron chi connectivity index (χ2n) is 4.90. The summed E-state index contributed by atoms with van der Waals surface area (Å²) in [6, 6.07) is 6.33. The highest BCUT2D eigenvalue weighted by molar-refractivity contribution is 7.09. The van der Waals surface area contributed by atoms with Gasteiger partial charge in [-0.3, -0.25) is 0 Å². The Morgan fingerprint density at radius 2 is 2.10 bits per heavy atom. The first-order valence-electron chi connectivity index (χ1n) is 7.65. The molecule has 2 aromatic heterocycles. The molecular weight excluding hydrogens is 280 g/mol. The van der Waals surface area contributed by atoms with E-state index in [9.17, 15) is 0 Å². The van der Waals surface area contributed by atoms with E-state index in [0.717, 1.165) is 49.9 Å². The van der Waals surface area contributed by atoms with Crippen LogP contribution in [-0.2, 0) is 13.0 Å². The quantitative estimate of drug-likeness (QED) is 0.802. The van der Waals surface area contributed by atoms with Crippen LogP contribution in [0, 0.1) is 0 Å². The van der Waals surface area contributed by atoms with Gasteiger partial charge in [-0.15, -0.1) is 11.3 Å². The van der Waals surface area contributed by atoms with Crippen LogP contribution < -0.4 is 10.2 Å². The molecule has 2 heterocycles. The summed E-state index contributed by atoms with van der Waals surface area (Å²) in [5.74, 6) is 2.87. The molecular formula is C16H24N4S. The van der Waals surface area contributed by atoms with Crippen molar-refractivity contribution in [1.82, 2.24) is 9.97 Å². The van der Waals surface area contributed by atoms with Crippen LogP contribution in [0.5, 0.6) is 0 Å². The molecule has 0 fully saturated rings. The Morgan fingerprint density at radius 3 is 2.71 bits per heavy atom. The Morgan fingerprint density at radius 1 is 1.24 bits per heavy atom. The lowest BCUT2D eigenvalue weighted by molar-refractivity contribution is 0.785. The van der Waals surface area contributed by atoms with Crippen LogP contribution in [0.15, 0.2) is 23.6 Å². The van der Waals surface area contributed by atoms with Crippen molar-refractivity contribution in [3.8, 4) is 0 Å². The number of aromatic nitrogens is 2. The van der Waals surface area contributed by atoms with Gasteiger partial charge in [-0.1, -0.05) is 13.0 Å². The average Bonchev–Trinajstić information content (AvgIpc) is 2.98. The van der Waals surface area contributed by atoms with E-state index >= 15 is 0 Å². The van der Waals surface area contributed by atoms with E-state index in [1.54, 1.807) is 11.3 Å². The monoisotopic (exact) mass is 304 g/mol. The Hall–Kier alpha value is -1.62. The van der Waals surface area contributed by atoms with Gasteiger partial charge in [-0.2, -0.15) is 0 Å². The van der Waals surface area contributed by atoms with Crippen molar-refractivity contribution in [2.24, 2.45) is 0 Å². The molecule has 0 radical (unpaired) electrons.